The maximum atomic E-state index is 12.2. The maximum Gasteiger partial charge on any atom is 0.238 e. The van der Waals surface area contributed by atoms with Crippen molar-refractivity contribution in [1.29, 1.82) is 0 Å². The van der Waals surface area contributed by atoms with Crippen molar-refractivity contribution in [3.63, 3.8) is 0 Å². The number of nitrogens with two attached hydrogens (primary N) is 1. The molecule has 3 N–H and O–H groups in total. The van der Waals surface area contributed by atoms with Crippen molar-refractivity contribution in [2.45, 2.75) is 26.3 Å². The molecule has 1 aliphatic rings. The highest BCUT2D eigenvalue weighted by Gasteiger charge is 2.29. The van der Waals surface area contributed by atoms with E-state index in [-0.39, 0.29) is 5.91 Å². The van der Waals surface area contributed by atoms with E-state index in [2.05, 4.69) is 17.1 Å². The van der Waals surface area contributed by atoms with Gasteiger partial charge in [-0.1, -0.05) is 29.3 Å². The van der Waals surface area contributed by atoms with Crippen molar-refractivity contribution in [2.75, 3.05) is 25.0 Å². The molecule has 6 heteroatoms. The Balaban J connectivity index is 2.01. The van der Waals surface area contributed by atoms with Gasteiger partial charge in [0.15, 0.2) is 0 Å². The molecule has 0 spiro atoms. The van der Waals surface area contributed by atoms with Crippen molar-refractivity contribution < 1.29 is 4.79 Å². The topological polar surface area (TPSA) is 58.4 Å². The molecule has 1 aliphatic heterocycles. The van der Waals surface area contributed by atoms with Gasteiger partial charge in [-0.2, -0.15) is 0 Å². The first-order chi connectivity index (χ1) is 9.92. The van der Waals surface area contributed by atoms with Gasteiger partial charge in [0.05, 0.1) is 22.3 Å². The van der Waals surface area contributed by atoms with Gasteiger partial charge in [0.1, 0.15) is 0 Å². The first-order valence-electron chi connectivity index (χ1n) is 7.11. The number of rotatable bonds is 4. The molecule has 1 aromatic carbocycles. The largest absolute Gasteiger partial charge is 0.330 e. The number of hydrogen-bond donors (Lipinski definition) is 2. The van der Waals surface area contributed by atoms with Gasteiger partial charge in [0, 0.05) is 12.6 Å². The van der Waals surface area contributed by atoms with Crippen LogP contribution in [-0.2, 0) is 4.79 Å². The van der Waals surface area contributed by atoms with Crippen LogP contribution in [0.3, 0.4) is 0 Å². The summed E-state index contributed by atoms with van der Waals surface area (Å²) in [5.41, 5.74) is 7.08. The number of hydrogen-bond acceptors (Lipinski definition) is 3. The zero-order valence-electron chi connectivity index (χ0n) is 12.3. The quantitative estimate of drug-likeness (QED) is 0.892. The molecule has 1 amide bonds. The average molecular weight is 330 g/mol. The van der Waals surface area contributed by atoms with E-state index in [0.717, 1.165) is 18.5 Å². The second-order valence-electron chi connectivity index (χ2n) is 5.72. The van der Waals surface area contributed by atoms with Crippen LogP contribution in [0.2, 0.25) is 10.0 Å². The fourth-order valence-electron chi connectivity index (χ4n) is 2.74. The molecule has 4 nitrogen and oxygen atoms in total. The van der Waals surface area contributed by atoms with Crippen LogP contribution in [0.5, 0.6) is 0 Å². The first-order valence-corrected chi connectivity index (χ1v) is 7.86. The van der Waals surface area contributed by atoms with Crippen molar-refractivity contribution in [3.8, 4) is 0 Å². The summed E-state index contributed by atoms with van der Waals surface area (Å²) < 4.78 is 0. The number of likely N-dealkylation sites (tertiary alicyclic amines) is 1. The molecular weight excluding hydrogens is 309 g/mol. The molecule has 1 aromatic rings. The highest BCUT2D eigenvalue weighted by molar-refractivity contribution is 6.40. The van der Waals surface area contributed by atoms with Crippen LogP contribution in [0.4, 0.5) is 5.69 Å². The Labute approximate surface area is 135 Å². The van der Waals surface area contributed by atoms with Gasteiger partial charge < -0.3 is 11.1 Å². The van der Waals surface area contributed by atoms with Crippen LogP contribution in [0.15, 0.2) is 12.1 Å². The number of aryl methyl sites for hydroxylation is 1. The van der Waals surface area contributed by atoms with E-state index < -0.39 is 0 Å². The Morgan fingerprint density at radius 1 is 1.48 bits per heavy atom. The van der Waals surface area contributed by atoms with Crippen LogP contribution in [0.1, 0.15) is 18.9 Å². The Morgan fingerprint density at radius 3 is 2.81 bits per heavy atom. The summed E-state index contributed by atoms with van der Waals surface area (Å²) in [7, 11) is 0. The van der Waals surface area contributed by atoms with E-state index in [0.29, 0.717) is 40.8 Å². The fraction of sp³-hybridized carbons (Fsp3) is 0.533. The molecule has 2 rings (SSSR count). The Kier molecular flexibility index (Phi) is 5.49. The van der Waals surface area contributed by atoms with E-state index in [1.54, 1.807) is 6.07 Å². The van der Waals surface area contributed by atoms with Crippen LogP contribution in [0, 0.1) is 12.8 Å². The van der Waals surface area contributed by atoms with E-state index in [1.807, 2.05) is 13.0 Å². The minimum Gasteiger partial charge on any atom is -0.330 e. The molecule has 1 saturated heterocycles. The number of nitrogens with zero attached hydrogens (tertiary/aromatic N) is 1. The van der Waals surface area contributed by atoms with Gasteiger partial charge in [-0.05, 0) is 44.4 Å². The smallest absolute Gasteiger partial charge is 0.238 e. The lowest BCUT2D eigenvalue weighted by Gasteiger charge is -2.21. The third-order valence-corrected chi connectivity index (χ3v) is 4.82. The summed E-state index contributed by atoms with van der Waals surface area (Å²) in [6.45, 7) is 5.86. The molecule has 1 heterocycles. The molecule has 2 atom stereocenters. The number of nitrogens with one attached hydrogen (secondary N) is 1. The minimum absolute atomic E-state index is 0.103. The number of benzene rings is 1. The zero-order chi connectivity index (χ0) is 15.6. The second-order valence-corrected chi connectivity index (χ2v) is 6.50. The summed E-state index contributed by atoms with van der Waals surface area (Å²) in [6.07, 6.45) is 1.04. The standard InChI is InChI=1S/C15H21Cl2N3O/c1-9-3-4-12(16)15(14(9)17)19-13(21)8-20-7-11(6-18)5-10(20)2/h3-4,10-11H,5-8,18H2,1-2H3,(H,19,21). The highest BCUT2D eigenvalue weighted by Crippen LogP contribution is 2.33. The van der Waals surface area contributed by atoms with Crippen molar-refractivity contribution in [1.82, 2.24) is 4.90 Å². The second kappa shape index (κ2) is 6.97. The van der Waals surface area contributed by atoms with Crippen molar-refractivity contribution in [2.24, 2.45) is 11.7 Å². The van der Waals surface area contributed by atoms with Crippen LogP contribution >= 0.6 is 23.2 Å². The average Bonchev–Trinajstić information content (AvgIpc) is 2.80. The minimum atomic E-state index is -0.103. The number of anilines is 1. The summed E-state index contributed by atoms with van der Waals surface area (Å²) in [5, 5.41) is 3.77. The number of amides is 1. The van der Waals surface area contributed by atoms with Crippen molar-refractivity contribution >= 4 is 34.8 Å². The van der Waals surface area contributed by atoms with Crippen molar-refractivity contribution in [3.05, 3.63) is 27.7 Å². The summed E-state index contributed by atoms with van der Waals surface area (Å²) in [4.78, 5) is 14.4. The van der Waals surface area contributed by atoms with Crippen LogP contribution < -0.4 is 11.1 Å². The van der Waals surface area contributed by atoms with E-state index in [1.165, 1.54) is 0 Å². The first kappa shape index (κ1) is 16.6. The van der Waals surface area contributed by atoms with Crippen LogP contribution in [0.25, 0.3) is 0 Å². The Bertz CT molecular complexity index is 536. The van der Waals surface area contributed by atoms with E-state index >= 15 is 0 Å². The number of carbonyl (C=O) groups is 1. The van der Waals surface area contributed by atoms with Gasteiger partial charge in [0.2, 0.25) is 5.91 Å². The molecule has 1 fully saturated rings. The lowest BCUT2D eigenvalue weighted by Crippen LogP contribution is -2.36. The van der Waals surface area contributed by atoms with E-state index in [9.17, 15) is 4.79 Å². The molecular formula is C15H21Cl2N3O. The SMILES string of the molecule is Cc1ccc(Cl)c(NC(=O)CN2CC(CN)CC2C)c1Cl. The zero-order valence-corrected chi connectivity index (χ0v) is 13.8. The van der Waals surface area contributed by atoms with Gasteiger partial charge >= 0.3 is 0 Å². The van der Waals surface area contributed by atoms with Crippen LogP contribution in [-0.4, -0.2) is 36.5 Å². The lowest BCUT2D eigenvalue weighted by atomic mass is 10.1. The maximum absolute atomic E-state index is 12.2. The Morgan fingerprint density at radius 2 is 2.19 bits per heavy atom. The molecule has 0 bridgehead atoms. The molecule has 0 radical (unpaired) electrons. The predicted octanol–water partition coefficient (Wildman–Crippen LogP) is 2.91. The van der Waals surface area contributed by atoms with Gasteiger partial charge in [-0.25, -0.2) is 0 Å². The molecule has 0 aliphatic carbocycles. The van der Waals surface area contributed by atoms with Gasteiger partial charge in [-0.3, -0.25) is 9.69 Å². The highest BCUT2D eigenvalue weighted by atomic mass is 35.5. The monoisotopic (exact) mass is 329 g/mol. The fourth-order valence-corrected chi connectivity index (χ4v) is 3.21. The third-order valence-electron chi connectivity index (χ3n) is 4.02. The lowest BCUT2D eigenvalue weighted by molar-refractivity contribution is -0.117. The van der Waals surface area contributed by atoms with Gasteiger partial charge in [0.25, 0.3) is 0 Å². The molecule has 116 valence electrons. The third kappa shape index (κ3) is 3.89. The molecule has 0 aromatic heterocycles. The summed E-state index contributed by atoms with van der Waals surface area (Å²) in [6, 6.07) is 3.93. The number of halogens is 2. The molecule has 0 saturated carbocycles. The Hall–Kier alpha value is -0.810. The predicted molar refractivity (Wildman–Crippen MR) is 88.0 cm³/mol. The normalized spacial score (nSPS) is 22.5. The summed E-state index contributed by atoms with van der Waals surface area (Å²) >= 11 is 12.3. The van der Waals surface area contributed by atoms with E-state index in [4.69, 9.17) is 28.9 Å². The van der Waals surface area contributed by atoms with Gasteiger partial charge in [-0.15, -0.1) is 0 Å². The molecule has 2 unspecified atom stereocenters. The number of carbonyl (C=O) groups excluding carboxylic acids is 1. The molecule has 21 heavy (non-hydrogen) atoms. The summed E-state index contributed by atoms with van der Waals surface area (Å²) in [5.74, 6) is 0.368.